The van der Waals surface area contributed by atoms with Gasteiger partial charge in [-0.15, -0.1) is 0 Å². The van der Waals surface area contributed by atoms with Gasteiger partial charge >= 0.3 is 5.97 Å². The Kier molecular flexibility index (Phi) is 7.07. The van der Waals surface area contributed by atoms with Crippen LogP contribution in [0.2, 0.25) is 0 Å². The topological polar surface area (TPSA) is 176 Å². The molecule has 0 unspecified atom stereocenters. The summed E-state index contributed by atoms with van der Waals surface area (Å²) in [7, 11) is 3.28. The highest BCUT2D eigenvalue weighted by molar-refractivity contribution is 8.76. The number of nitrogen functional groups attached to an aromatic ring is 2. The number of epoxide rings is 1. The van der Waals surface area contributed by atoms with Crippen molar-refractivity contribution in [3.63, 3.8) is 0 Å². The second kappa shape index (κ2) is 10.9. The number of nitrogens with two attached hydrogens (primary N) is 2. The third-order valence-corrected chi connectivity index (χ3v) is 12.6. The first kappa shape index (κ1) is 31.1. The fraction of sp³-hybridized carbons (Fsp3) is 0.371. The highest BCUT2D eigenvalue weighted by Gasteiger charge is 2.64. The number of aryl methyl sites for hydroxylation is 2. The number of anilines is 2. The van der Waals surface area contributed by atoms with Crippen LogP contribution in [0.3, 0.4) is 0 Å². The lowest BCUT2D eigenvalue weighted by atomic mass is 9.70. The quantitative estimate of drug-likeness (QED) is 0.0926. The summed E-state index contributed by atoms with van der Waals surface area (Å²) in [5, 5.41) is 11.5. The second-order valence-electron chi connectivity index (χ2n) is 13.3. The summed E-state index contributed by atoms with van der Waals surface area (Å²) in [5.74, 6) is 1.42. The highest BCUT2D eigenvalue weighted by atomic mass is 33.1. The summed E-state index contributed by atoms with van der Waals surface area (Å²) in [6.07, 6.45) is 6.90. The van der Waals surface area contributed by atoms with Crippen molar-refractivity contribution in [2.75, 3.05) is 11.5 Å². The van der Waals surface area contributed by atoms with E-state index in [2.05, 4.69) is 9.97 Å². The van der Waals surface area contributed by atoms with Crippen LogP contribution in [0.25, 0.3) is 22.2 Å². The van der Waals surface area contributed by atoms with Crippen molar-refractivity contribution in [3.8, 4) is 22.8 Å². The van der Waals surface area contributed by atoms with E-state index in [1.54, 1.807) is 47.7 Å². The molecule has 48 heavy (non-hydrogen) atoms. The van der Waals surface area contributed by atoms with E-state index in [4.69, 9.17) is 30.1 Å². The monoisotopic (exact) mass is 686 g/mol. The smallest absolute Gasteiger partial charge is 0.341 e. The average Bonchev–Trinajstić information content (AvgIpc) is 3.70. The van der Waals surface area contributed by atoms with Crippen molar-refractivity contribution in [1.29, 1.82) is 0 Å². The van der Waals surface area contributed by atoms with E-state index < -0.39 is 22.8 Å². The summed E-state index contributed by atoms with van der Waals surface area (Å²) in [5.41, 5.74) is 12.8. The van der Waals surface area contributed by atoms with Crippen LogP contribution in [0.1, 0.15) is 49.1 Å². The van der Waals surface area contributed by atoms with Crippen LogP contribution >= 0.6 is 21.6 Å². The van der Waals surface area contributed by atoms with Gasteiger partial charge in [0.05, 0.1) is 11.8 Å². The minimum atomic E-state index is -1.30. The highest BCUT2D eigenvalue weighted by Crippen LogP contribution is 2.54. The van der Waals surface area contributed by atoms with E-state index in [1.165, 1.54) is 6.07 Å². The average molecular weight is 687 g/mol. The molecule has 1 aromatic carbocycles. The number of benzene rings is 1. The lowest BCUT2D eigenvalue weighted by Crippen LogP contribution is -2.64. The number of carbonyl (C=O) groups excluding carboxylic acids is 1. The van der Waals surface area contributed by atoms with Crippen molar-refractivity contribution >= 4 is 50.2 Å². The van der Waals surface area contributed by atoms with Crippen LogP contribution in [-0.2, 0) is 32.9 Å². The number of ether oxygens (including phenoxy) is 3. The number of carbonyl (C=O) groups is 1. The molecule has 4 bridgehead atoms. The van der Waals surface area contributed by atoms with Crippen molar-refractivity contribution in [1.82, 2.24) is 9.97 Å². The fourth-order valence-electron chi connectivity index (χ4n) is 7.20. The lowest BCUT2D eigenvalue weighted by molar-refractivity contribution is -0.186. The molecule has 5 aliphatic rings. The zero-order valence-electron chi connectivity index (χ0n) is 26.6. The minimum absolute atomic E-state index is 0.0413. The molecule has 1 saturated heterocycles. The lowest BCUT2D eigenvalue weighted by Gasteiger charge is -2.52. The van der Waals surface area contributed by atoms with Crippen LogP contribution < -0.4 is 21.6 Å². The Labute approximate surface area is 283 Å². The maximum absolute atomic E-state index is 14.0. The largest absolute Gasteiger partial charge is 0.507 e. The van der Waals surface area contributed by atoms with Gasteiger partial charge in [-0.1, -0.05) is 27.7 Å². The van der Waals surface area contributed by atoms with Gasteiger partial charge < -0.3 is 35.2 Å². The predicted octanol–water partition coefficient (Wildman–Crippen LogP) is 5.42. The van der Waals surface area contributed by atoms with Crippen molar-refractivity contribution < 1.29 is 28.5 Å². The number of rotatable bonds is 0. The summed E-state index contributed by atoms with van der Waals surface area (Å²) < 4.78 is 25.1. The molecule has 7 heterocycles. The molecule has 5 N–H and O–H groups in total. The molecular formula is C35H34N4O7S2. The molecule has 5 atom stereocenters. The Morgan fingerprint density at radius 3 is 2.75 bits per heavy atom. The molecule has 0 radical (unpaired) electrons. The van der Waals surface area contributed by atoms with Gasteiger partial charge in [-0.25, -0.2) is 14.8 Å². The molecule has 1 aliphatic carbocycles. The number of nitrogens with zero attached hydrogens (tertiary/aromatic N) is 2. The maximum Gasteiger partial charge on any atom is 0.341 e. The van der Waals surface area contributed by atoms with Crippen molar-refractivity contribution in [2.24, 2.45) is 0 Å². The van der Waals surface area contributed by atoms with E-state index >= 15 is 0 Å². The van der Waals surface area contributed by atoms with Crippen LogP contribution in [0, 0.1) is 6.92 Å². The zero-order valence-corrected chi connectivity index (χ0v) is 28.2. The van der Waals surface area contributed by atoms with Crippen LogP contribution in [0.4, 0.5) is 11.6 Å². The number of hydrogen-bond donors (Lipinski definition) is 3. The van der Waals surface area contributed by atoms with Gasteiger partial charge in [0.1, 0.15) is 39.9 Å². The number of esters is 1. The van der Waals surface area contributed by atoms with Gasteiger partial charge in [-0.2, -0.15) is 0 Å². The van der Waals surface area contributed by atoms with Crippen LogP contribution in [-0.4, -0.2) is 49.2 Å². The SMILES string of the molecule is Cc1cc(=O)c2c(O)c3c(cc2o1)O[C@@]1(C)C[C@@H]2C=C[C@]1(C3)OC(=O)[C@]1(C)O[C@@H]1CCc1cc(N)nc(c1)-c1ccnc(N)c1CSS2. The van der Waals surface area contributed by atoms with Crippen molar-refractivity contribution in [3.05, 3.63) is 81.4 Å². The Bertz CT molecular complexity index is 2120. The second-order valence-corrected chi connectivity index (χ2v) is 15.9. The van der Waals surface area contributed by atoms with Crippen molar-refractivity contribution in [2.45, 2.75) is 80.4 Å². The molecule has 4 aromatic rings. The van der Waals surface area contributed by atoms with E-state index in [-0.39, 0.29) is 39.9 Å². The normalized spacial score (nSPS) is 29.4. The van der Waals surface area contributed by atoms with E-state index in [1.807, 2.05) is 37.3 Å². The number of aromatic nitrogens is 2. The summed E-state index contributed by atoms with van der Waals surface area (Å²) >= 11 is 0. The van der Waals surface area contributed by atoms with E-state index in [9.17, 15) is 14.7 Å². The molecule has 9 rings (SSSR count). The standard InChI is InChI=1S/C35H34N4O7S2/c1-17-10-24(40)29-26(43-17)13-25-21(30(29)41)15-35-8-6-19(14-33(35,2)44-25)48-47-16-22-20(7-9-38-31(22)37)23-11-18(12-28(36)39-23)4-5-27-34(3,45-27)32(42)46-35/h6-13,19,27,41H,4-5,14-16H2,1-3H3,(H2,36,39)(H2,37,38)/t19-,27+,33-,34+,35+/m0/s1. The number of phenolic OH excluding ortho intramolecular Hbond substituents is 1. The number of aromatic hydroxyl groups is 1. The molecule has 0 saturated carbocycles. The number of fused-ring (bicyclic) bond motifs is 6. The number of hydrogen-bond acceptors (Lipinski definition) is 13. The Hall–Kier alpha value is -4.20. The van der Waals surface area contributed by atoms with Crippen LogP contribution in [0.5, 0.6) is 11.5 Å². The Balaban J connectivity index is 1.21. The minimum Gasteiger partial charge on any atom is -0.507 e. The van der Waals surface area contributed by atoms with Gasteiger partial charge in [0.25, 0.3) is 0 Å². The molecule has 13 heteroatoms. The number of pyridine rings is 2. The van der Waals surface area contributed by atoms with Crippen LogP contribution in [0.15, 0.2) is 57.9 Å². The molecule has 3 aromatic heterocycles. The molecule has 4 aliphatic heterocycles. The van der Waals surface area contributed by atoms with Gasteiger partial charge in [0, 0.05) is 58.9 Å². The summed E-state index contributed by atoms with van der Waals surface area (Å²) in [4.78, 5) is 35.9. The van der Waals surface area contributed by atoms with E-state index in [0.717, 1.165) is 16.7 Å². The first-order valence-electron chi connectivity index (χ1n) is 15.8. The molecule has 0 amide bonds. The van der Waals surface area contributed by atoms with Gasteiger partial charge in [-0.3, -0.25) is 4.79 Å². The van der Waals surface area contributed by atoms with Gasteiger partial charge in [0.15, 0.2) is 22.2 Å². The first-order valence-corrected chi connectivity index (χ1v) is 18.1. The molecular weight excluding hydrogens is 653 g/mol. The number of phenols is 1. The summed E-state index contributed by atoms with van der Waals surface area (Å²) in [6.45, 7) is 5.34. The predicted molar refractivity (Wildman–Crippen MR) is 185 cm³/mol. The maximum atomic E-state index is 14.0. The Morgan fingerprint density at radius 2 is 1.92 bits per heavy atom. The van der Waals surface area contributed by atoms with Gasteiger partial charge in [0.2, 0.25) is 0 Å². The fourth-order valence-corrected chi connectivity index (χ4v) is 9.88. The third kappa shape index (κ3) is 4.93. The van der Waals surface area contributed by atoms with E-state index in [0.29, 0.717) is 59.4 Å². The third-order valence-electron chi connectivity index (χ3n) is 10.0. The molecule has 11 nitrogen and oxygen atoms in total. The Morgan fingerprint density at radius 1 is 1.08 bits per heavy atom. The molecule has 1 spiro atoms. The molecule has 248 valence electrons. The zero-order chi connectivity index (χ0) is 33.6. The molecule has 1 fully saturated rings. The first-order chi connectivity index (χ1) is 22.9. The summed E-state index contributed by atoms with van der Waals surface area (Å²) in [6, 6.07) is 8.72. The van der Waals surface area contributed by atoms with Gasteiger partial charge in [-0.05, 0) is 63.5 Å².